The van der Waals surface area contributed by atoms with E-state index in [1.54, 1.807) is 18.3 Å². The third-order valence-corrected chi connectivity index (χ3v) is 3.63. The van der Waals surface area contributed by atoms with Crippen LogP contribution in [0.15, 0.2) is 29.3 Å². The van der Waals surface area contributed by atoms with Crippen LogP contribution in [0, 0.1) is 11.3 Å². The van der Waals surface area contributed by atoms with Gasteiger partial charge in [-0.25, -0.2) is 0 Å². The molecule has 0 saturated carbocycles. The van der Waals surface area contributed by atoms with Crippen LogP contribution in [0.25, 0.3) is 10.9 Å². The first kappa shape index (κ1) is 10.7. The van der Waals surface area contributed by atoms with Crippen molar-refractivity contribution in [1.29, 1.82) is 5.26 Å². The number of H-pyrrole nitrogens is 1. The third-order valence-electron chi connectivity index (χ3n) is 2.27. The maximum Gasteiger partial charge on any atom is 0.300 e. The molecule has 82 valence electrons. The highest BCUT2D eigenvalue weighted by atomic mass is 32.2. The van der Waals surface area contributed by atoms with E-state index in [0.717, 1.165) is 12.5 Å². The molecule has 1 heterocycles. The lowest BCUT2D eigenvalue weighted by atomic mass is 10.2. The summed E-state index contributed by atoms with van der Waals surface area (Å²) in [5, 5.41) is 9.61. The van der Waals surface area contributed by atoms with E-state index in [1.165, 1.54) is 6.07 Å². The van der Waals surface area contributed by atoms with Crippen molar-refractivity contribution >= 4 is 21.0 Å². The van der Waals surface area contributed by atoms with Gasteiger partial charge in [0.15, 0.2) is 0 Å². The van der Waals surface area contributed by atoms with Gasteiger partial charge < -0.3 is 4.98 Å². The van der Waals surface area contributed by atoms with Gasteiger partial charge in [-0.1, -0.05) is 6.07 Å². The van der Waals surface area contributed by atoms with E-state index in [1.807, 2.05) is 6.07 Å². The number of hydrogen-bond donors (Lipinski definition) is 1. The molecule has 0 aliphatic heterocycles. The highest BCUT2D eigenvalue weighted by Crippen LogP contribution is 2.26. The van der Waals surface area contributed by atoms with Crippen molar-refractivity contribution in [2.45, 2.75) is 4.90 Å². The summed E-state index contributed by atoms with van der Waals surface area (Å²) in [5.74, 6) is 0. The monoisotopic (exact) mass is 236 g/mol. The van der Waals surface area contributed by atoms with Gasteiger partial charge in [-0.15, -0.1) is 0 Å². The summed E-state index contributed by atoms with van der Waals surface area (Å²) in [6.45, 7) is 0. The Kier molecular flexibility index (Phi) is 2.42. The predicted octanol–water partition coefficient (Wildman–Crippen LogP) is 1.37. The Hall–Kier alpha value is -1.84. The lowest BCUT2D eigenvalue weighted by Gasteiger charge is -2.05. The van der Waals surface area contributed by atoms with Crippen molar-refractivity contribution in [1.82, 2.24) is 4.98 Å². The molecule has 1 aromatic carbocycles. The van der Waals surface area contributed by atoms with Gasteiger partial charge in [0.1, 0.15) is 11.0 Å². The lowest BCUT2D eigenvalue weighted by Crippen LogP contribution is -2.06. The second-order valence-electron chi connectivity index (χ2n) is 3.12. The third kappa shape index (κ3) is 1.46. The zero-order valence-electron chi connectivity index (χ0n) is 8.39. The Morgan fingerprint density at radius 1 is 1.38 bits per heavy atom. The zero-order chi connectivity index (χ0) is 11.8. The van der Waals surface area contributed by atoms with Crippen LogP contribution in [-0.4, -0.2) is 20.5 Å². The van der Waals surface area contributed by atoms with Gasteiger partial charge in [0, 0.05) is 11.6 Å². The molecular formula is C10H8N2O3S. The molecule has 0 radical (unpaired) electrons. The molecule has 1 N–H and O–H groups in total. The molecule has 0 aliphatic rings. The van der Waals surface area contributed by atoms with Gasteiger partial charge in [0.05, 0.1) is 18.2 Å². The quantitative estimate of drug-likeness (QED) is 0.798. The average Bonchev–Trinajstić information content (AvgIpc) is 2.75. The number of nitriles is 1. The fourth-order valence-electron chi connectivity index (χ4n) is 1.53. The summed E-state index contributed by atoms with van der Waals surface area (Å²) in [7, 11) is -2.82. The summed E-state index contributed by atoms with van der Waals surface area (Å²) >= 11 is 0. The molecule has 0 unspecified atom stereocenters. The van der Waals surface area contributed by atoms with Crippen LogP contribution in [0.2, 0.25) is 0 Å². The van der Waals surface area contributed by atoms with Crippen molar-refractivity contribution < 1.29 is 12.6 Å². The molecule has 0 bridgehead atoms. The number of fused-ring (bicyclic) bond motifs is 1. The SMILES string of the molecule is COS(=O)(=O)c1c(C#N)ccc2cc[nH]c12. The fraction of sp³-hybridized carbons (Fsp3) is 0.100. The topological polar surface area (TPSA) is 82.9 Å². The molecule has 0 amide bonds. The van der Waals surface area contributed by atoms with Gasteiger partial charge in [0.2, 0.25) is 0 Å². The number of nitrogens with one attached hydrogen (secondary N) is 1. The van der Waals surface area contributed by atoms with Crippen LogP contribution in [0.5, 0.6) is 0 Å². The van der Waals surface area contributed by atoms with E-state index in [0.29, 0.717) is 5.52 Å². The first-order valence-corrected chi connectivity index (χ1v) is 5.82. The van der Waals surface area contributed by atoms with Crippen LogP contribution >= 0.6 is 0 Å². The molecule has 5 nitrogen and oxygen atoms in total. The molecule has 0 saturated heterocycles. The van der Waals surface area contributed by atoms with E-state index in [2.05, 4.69) is 9.17 Å². The predicted molar refractivity (Wildman–Crippen MR) is 57.2 cm³/mol. The van der Waals surface area contributed by atoms with Crippen molar-refractivity contribution in [2.24, 2.45) is 0 Å². The second kappa shape index (κ2) is 3.63. The molecule has 0 aliphatic carbocycles. The van der Waals surface area contributed by atoms with Crippen molar-refractivity contribution in [3.8, 4) is 6.07 Å². The summed E-state index contributed by atoms with van der Waals surface area (Å²) in [6.07, 6.45) is 1.61. The molecule has 6 heteroatoms. The number of rotatable bonds is 2. The minimum Gasteiger partial charge on any atom is -0.360 e. The first-order chi connectivity index (χ1) is 7.60. The first-order valence-electron chi connectivity index (χ1n) is 4.41. The molecular weight excluding hydrogens is 228 g/mol. The Bertz CT molecular complexity index is 680. The Morgan fingerprint density at radius 3 is 2.75 bits per heavy atom. The van der Waals surface area contributed by atoms with E-state index in [4.69, 9.17) is 5.26 Å². The number of benzene rings is 1. The van der Waals surface area contributed by atoms with Gasteiger partial charge in [-0.05, 0) is 12.1 Å². The minimum atomic E-state index is -3.89. The second-order valence-corrected chi connectivity index (χ2v) is 4.77. The van der Waals surface area contributed by atoms with Crippen LogP contribution in [-0.2, 0) is 14.3 Å². The van der Waals surface area contributed by atoms with E-state index in [9.17, 15) is 8.42 Å². The number of nitrogens with zero attached hydrogens (tertiary/aromatic N) is 1. The van der Waals surface area contributed by atoms with Crippen LogP contribution in [0.3, 0.4) is 0 Å². The molecule has 0 fully saturated rings. The summed E-state index contributed by atoms with van der Waals surface area (Å²) in [6, 6.07) is 6.71. The molecule has 2 aromatic rings. The Balaban J connectivity index is 2.94. The van der Waals surface area contributed by atoms with Crippen LogP contribution < -0.4 is 0 Å². The molecule has 0 spiro atoms. The number of aromatic amines is 1. The highest BCUT2D eigenvalue weighted by molar-refractivity contribution is 7.87. The van der Waals surface area contributed by atoms with Gasteiger partial charge in [-0.2, -0.15) is 13.7 Å². The summed E-state index contributed by atoms with van der Waals surface area (Å²) < 4.78 is 27.8. The maximum atomic E-state index is 11.7. The molecule has 16 heavy (non-hydrogen) atoms. The van der Waals surface area contributed by atoms with Crippen molar-refractivity contribution in [3.05, 3.63) is 30.0 Å². The summed E-state index contributed by atoms with van der Waals surface area (Å²) in [4.78, 5) is 2.68. The van der Waals surface area contributed by atoms with Gasteiger partial charge in [-0.3, -0.25) is 4.18 Å². The van der Waals surface area contributed by atoms with E-state index in [-0.39, 0.29) is 10.5 Å². The van der Waals surface area contributed by atoms with E-state index >= 15 is 0 Å². The van der Waals surface area contributed by atoms with Gasteiger partial charge in [0.25, 0.3) is 10.1 Å². The summed E-state index contributed by atoms with van der Waals surface area (Å²) in [5.41, 5.74) is 0.456. The minimum absolute atomic E-state index is 0.0665. The fourth-order valence-corrected chi connectivity index (χ4v) is 2.51. The normalized spacial score (nSPS) is 11.5. The lowest BCUT2D eigenvalue weighted by molar-refractivity contribution is 0.398. The molecule has 1 aromatic heterocycles. The maximum absolute atomic E-state index is 11.7. The smallest absolute Gasteiger partial charge is 0.300 e. The molecule has 2 rings (SSSR count). The Labute approximate surface area is 92.4 Å². The van der Waals surface area contributed by atoms with Crippen molar-refractivity contribution in [2.75, 3.05) is 7.11 Å². The van der Waals surface area contributed by atoms with E-state index < -0.39 is 10.1 Å². The van der Waals surface area contributed by atoms with Crippen LogP contribution in [0.4, 0.5) is 0 Å². The zero-order valence-corrected chi connectivity index (χ0v) is 9.21. The molecule has 0 atom stereocenters. The standard InChI is InChI=1S/C10H8N2O3S/c1-15-16(13,14)10-8(6-11)3-2-7-4-5-12-9(7)10/h2-5,12H,1H3. The number of aromatic nitrogens is 1. The largest absolute Gasteiger partial charge is 0.360 e. The average molecular weight is 236 g/mol. The van der Waals surface area contributed by atoms with Crippen LogP contribution in [0.1, 0.15) is 5.56 Å². The number of hydrogen-bond acceptors (Lipinski definition) is 4. The van der Waals surface area contributed by atoms with Gasteiger partial charge >= 0.3 is 0 Å². The Morgan fingerprint density at radius 2 is 2.12 bits per heavy atom. The highest BCUT2D eigenvalue weighted by Gasteiger charge is 2.22. The van der Waals surface area contributed by atoms with Crippen molar-refractivity contribution in [3.63, 3.8) is 0 Å².